The minimum Gasteiger partial charge on any atom is -0.380 e. The maximum Gasteiger partial charge on any atom is 0.293 e. The summed E-state index contributed by atoms with van der Waals surface area (Å²) in [6.45, 7) is 2.42. The second-order valence-corrected chi connectivity index (χ2v) is 3.91. The van der Waals surface area contributed by atoms with E-state index in [-0.39, 0.29) is 5.69 Å². The topological polar surface area (TPSA) is 79.0 Å². The molecule has 0 amide bonds. The first-order valence-corrected chi connectivity index (χ1v) is 5.30. The molecule has 0 atom stereocenters. The fourth-order valence-corrected chi connectivity index (χ4v) is 1.70. The van der Waals surface area contributed by atoms with Crippen molar-refractivity contribution in [2.24, 2.45) is 0 Å². The lowest BCUT2D eigenvalue weighted by atomic mass is 10.2. The number of benzene rings is 1. The Kier molecular flexibility index (Phi) is 3.85. The van der Waals surface area contributed by atoms with Gasteiger partial charge in [-0.05, 0) is 35.6 Å². The Morgan fingerprint density at radius 1 is 1.67 bits per heavy atom. The lowest BCUT2D eigenvalue weighted by Gasteiger charge is -2.05. The van der Waals surface area contributed by atoms with Gasteiger partial charge in [0.1, 0.15) is 11.8 Å². The molecule has 0 aromatic heterocycles. The summed E-state index contributed by atoms with van der Waals surface area (Å²) in [5.41, 5.74) is 0.830. The fourth-order valence-electron chi connectivity index (χ4n) is 1.13. The number of hydrogen-bond donors (Lipinski definition) is 1. The molecule has 0 radical (unpaired) electrons. The first kappa shape index (κ1) is 11.7. The van der Waals surface area contributed by atoms with Gasteiger partial charge in [0.15, 0.2) is 0 Å². The van der Waals surface area contributed by atoms with Crippen LogP contribution in [0.3, 0.4) is 0 Å². The lowest BCUT2D eigenvalue weighted by Crippen LogP contribution is -2.02. The summed E-state index contributed by atoms with van der Waals surface area (Å²) in [7, 11) is 0. The number of nitro benzene ring substituents is 1. The van der Waals surface area contributed by atoms with Gasteiger partial charge in [0.25, 0.3) is 5.69 Å². The molecule has 0 spiro atoms. The monoisotopic (exact) mass is 317 g/mol. The number of halogens is 1. The quantitative estimate of drug-likeness (QED) is 0.528. The van der Waals surface area contributed by atoms with E-state index in [0.29, 0.717) is 21.4 Å². The van der Waals surface area contributed by atoms with Crippen molar-refractivity contribution >= 4 is 34.0 Å². The third-order valence-corrected chi connectivity index (χ3v) is 2.66. The van der Waals surface area contributed by atoms with Gasteiger partial charge in [0.05, 0.1) is 10.5 Å². The number of anilines is 1. The number of nitrogens with one attached hydrogen (secondary N) is 1. The van der Waals surface area contributed by atoms with E-state index in [0.717, 1.165) is 0 Å². The Hall–Kier alpha value is -1.36. The van der Waals surface area contributed by atoms with Crippen LogP contribution in [0.15, 0.2) is 12.1 Å². The molecule has 0 heterocycles. The number of hydrogen-bond acceptors (Lipinski definition) is 4. The van der Waals surface area contributed by atoms with E-state index in [1.807, 2.05) is 35.6 Å². The van der Waals surface area contributed by atoms with Crippen molar-refractivity contribution in [3.05, 3.63) is 31.4 Å². The smallest absolute Gasteiger partial charge is 0.293 e. The van der Waals surface area contributed by atoms with Crippen molar-refractivity contribution in [2.45, 2.75) is 6.92 Å². The molecular weight excluding hydrogens is 309 g/mol. The summed E-state index contributed by atoms with van der Waals surface area (Å²) in [6.07, 6.45) is 0. The van der Waals surface area contributed by atoms with Gasteiger partial charge in [-0.1, -0.05) is 0 Å². The van der Waals surface area contributed by atoms with Crippen molar-refractivity contribution in [3.8, 4) is 6.07 Å². The van der Waals surface area contributed by atoms with Crippen LogP contribution in [0, 0.1) is 25.0 Å². The van der Waals surface area contributed by atoms with Crippen LogP contribution < -0.4 is 5.32 Å². The molecule has 0 aliphatic rings. The van der Waals surface area contributed by atoms with Gasteiger partial charge >= 0.3 is 0 Å². The lowest BCUT2D eigenvalue weighted by molar-refractivity contribution is -0.384. The van der Waals surface area contributed by atoms with Crippen molar-refractivity contribution in [3.63, 3.8) is 0 Å². The maximum absolute atomic E-state index is 10.7. The molecule has 6 heteroatoms. The van der Waals surface area contributed by atoms with E-state index in [4.69, 9.17) is 5.26 Å². The molecule has 0 aliphatic heterocycles. The molecule has 15 heavy (non-hydrogen) atoms. The Balaban J connectivity index is 3.33. The van der Waals surface area contributed by atoms with Crippen LogP contribution >= 0.6 is 22.6 Å². The standard InChI is InChI=1S/C9H8IN3O2/c1-2-12-8-3-6(5-11)7(10)4-9(8)13(14)15/h3-4,12H,2H2,1H3. The molecule has 1 aromatic carbocycles. The van der Waals surface area contributed by atoms with Crippen LogP contribution in [0.1, 0.15) is 12.5 Å². The molecule has 0 saturated heterocycles. The average Bonchev–Trinajstić information content (AvgIpc) is 2.20. The molecule has 5 nitrogen and oxygen atoms in total. The Morgan fingerprint density at radius 2 is 2.33 bits per heavy atom. The van der Waals surface area contributed by atoms with E-state index in [9.17, 15) is 10.1 Å². The fraction of sp³-hybridized carbons (Fsp3) is 0.222. The molecule has 78 valence electrons. The van der Waals surface area contributed by atoms with Crippen LogP contribution in [-0.2, 0) is 0 Å². The summed E-state index contributed by atoms with van der Waals surface area (Å²) in [4.78, 5) is 10.3. The third kappa shape index (κ3) is 2.56. The average molecular weight is 317 g/mol. The molecule has 0 fully saturated rings. The van der Waals surface area contributed by atoms with Gasteiger partial charge < -0.3 is 5.32 Å². The minimum atomic E-state index is -0.457. The largest absolute Gasteiger partial charge is 0.380 e. The van der Waals surface area contributed by atoms with E-state index in [2.05, 4.69) is 5.32 Å². The van der Waals surface area contributed by atoms with Crippen molar-refractivity contribution in [1.29, 1.82) is 5.26 Å². The zero-order valence-corrected chi connectivity index (χ0v) is 10.1. The van der Waals surface area contributed by atoms with Crippen LogP contribution in [0.5, 0.6) is 0 Å². The summed E-state index contributed by atoms with van der Waals surface area (Å²) in [5.74, 6) is 0. The van der Waals surface area contributed by atoms with Gasteiger partial charge in [-0.15, -0.1) is 0 Å². The highest BCUT2D eigenvalue weighted by atomic mass is 127. The second kappa shape index (κ2) is 4.93. The van der Waals surface area contributed by atoms with Crippen molar-refractivity contribution in [1.82, 2.24) is 0 Å². The molecule has 0 bridgehead atoms. The molecule has 0 saturated carbocycles. The first-order valence-electron chi connectivity index (χ1n) is 4.22. The molecule has 1 aromatic rings. The zero-order chi connectivity index (χ0) is 11.4. The Bertz CT molecular complexity index is 440. The molecule has 1 N–H and O–H groups in total. The van der Waals surface area contributed by atoms with E-state index >= 15 is 0 Å². The number of nitriles is 1. The van der Waals surface area contributed by atoms with Gasteiger partial charge in [-0.3, -0.25) is 10.1 Å². The third-order valence-electron chi connectivity index (χ3n) is 1.77. The predicted molar refractivity (Wildman–Crippen MR) is 64.7 cm³/mol. The van der Waals surface area contributed by atoms with Crippen LogP contribution in [0.25, 0.3) is 0 Å². The van der Waals surface area contributed by atoms with E-state index in [1.165, 1.54) is 12.1 Å². The highest BCUT2D eigenvalue weighted by Crippen LogP contribution is 2.28. The highest BCUT2D eigenvalue weighted by molar-refractivity contribution is 14.1. The zero-order valence-electron chi connectivity index (χ0n) is 7.95. The summed E-state index contributed by atoms with van der Waals surface area (Å²) in [5, 5.41) is 22.4. The van der Waals surface area contributed by atoms with Gasteiger partial charge in [-0.2, -0.15) is 5.26 Å². The molecule has 0 aliphatic carbocycles. The highest BCUT2D eigenvalue weighted by Gasteiger charge is 2.16. The van der Waals surface area contributed by atoms with E-state index < -0.39 is 4.92 Å². The normalized spacial score (nSPS) is 9.40. The number of nitro groups is 1. The summed E-state index contributed by atoms with van der Waals surface area (Å²) < 4.78 is 0.587. The minimum absolute atomic E-state index is 0.000231. The molecular formula is C9H8IN3O2. The first-order chi connectivity index (χ1) is 7.10. The Morgan fingerprint density at radius 3 is 2.80 bits per heavy atom. The molecule has 1 rings (SSSR count). The molecule has 0 unspecified atom stereocenters. The van der Waals surface area contributed by atoms with Crippen LogP contribution in [0.4, 0.5) is 11.4 Å². The summed E-state index contributed by atoms with van der Waals surface area (Å²) >= 11 is 1.91. The number of nitrogens with zero attached hydrogens (tertiary/aromatic N) is 2. The van der Waals surface area contributed by atoms with E-state index in [1.54, 1.807) is 0 Å². The van der Waals surface area contributed by atoms with Crippen molar-refractivity contribution < 1.29 is 4.92 Å². The van der Waals surface area contributed by atoms with Gasteiger partial charge in [-0.25, -0.2) is 0 Å². The Labute approximate surface area is 100 Å². The number of rotatable bonds is 3. The van der Waals surface area contributed by atoms with Gasteiger partial charge in [0.2, 0.25) is 0 Å². The predicted octanol–water partition coefficient (Wildman–Crippen LogP) is 2.50. The second-order valence-electron chi connectivity index (χ2n) is 2.75. The summed E-state index contributed by atoms with van der Waals surface area (Å²) in [6, 6.07) is 4.89. The SMILES string of the molecule is CCNc1cc(C#N)c(I)cc1[N+](=O)[O-]. The van der Waals surface area contributed by atoms with Crippen molar-refractivity contribution in [2.75, 3.05) is 11.9 Å². The van der Waals surface area contributed by atoms with Crippen LogP contribution in [0.2, 0.25) is 0 Å². The van der Waals surface area contributed by atoms with Gasteiger partial charge in [0, 0.05) is 16.2 Å². The van der Waals surface area contributed by atoms with Crippen LogP contribution in [-0.4, -0.2) is 11.5 Å². The maximum atomic E-state index is 10.7.